The third-order valence-electron chi connectivity index (χ3n) is 2.79. The second-order valence-electron chi connectivity index (χ2n) is 4.50. The van der Waals surface area contributed by atoms with Crippen molar-refractivity contribution in [2.75, 3.05) is 0 Å². The normalized spacial score (nSPS) is 11.8. The van der Waals surface area contributed by atoms with E-state index in [2.05, 4.69) is 44.0 Å². The average molecular weight is 390 g/mol. The van der Waals surface area contributed by atoms with Gasteiger partial charge in [-0.2, -0.15) is 0 Å². The number of carbonyl (C=O) groups is 1. The molecule has 4 heteroatoms. The summed E-state index contributed by atoms with van der Waals surface area (Å²) in [5.41, 5.74) is 2.40. The van der Waals surface area contributed by atoms with E-state index < -0.39 is 0 Å². The van der Waals surface area contributed by atoms with Crippen LogP contribution in [-0.4, -0.2) is 12.1 Å². The van der Waals surface area contributed by atoms with Crippen molar-refractivity contribution in [3.05, 3.63) is 44.9 Å². The lowest BCUT2D eigenvalue weighted by atomic mass is 10.0. The highest BCUT2D eigenvalue weighted by atomic mass is 79.9. The van der Waals surface area contributed by atoms with Gasteiger partial charge < -0.3 is 4.74 Å². The minimum atomic E-state index is -0.225. The van der Waals surface area contributed by atoms with Crippen LogP contribution in [0.4, 0.5) is 0 Å². The maximum Gasteiger partial charge on any atom is 0.302 e. The monoisotopic (exact) mass is 388 g/mol. The molecule has 2 nitrogen and oxygen atoms in total. The van der Waals surface area contributed by atoms with Crippen molar-refractivity contribution in [3.63, 3.8) is 0 Å². The first-order chi connectivity index (χ1) is 8.99. The summed E-state index contributed by atoms with van der Waals surface area (Å²) in [5, 5.41) is 0. The van der Waals surface area contributed by atoms with E-state index in [-0.39, 0.29) is 12.1 Å². The standard InChI is InChI=1S/C15H18Br2O2/c1-11(15(16)17)10-14(19-12(2)18)9-8-13-6-4-3-5-7-13/h3-7,14H,8-10H2,1-2H3. The number of ether oxygens (including phenoxy) is 1. The van der Waals surface area contributed by atoms with Crippen LogP contribution in [0, 0.1) is 0 Å². The predicted molar refractivity (Wildman–Crippen MR) is 85.5 cm³/mol. The van der Waals surface area contributed by atoms with Gasteiger partial charge in [-0.3, -0.25) is 4.79 Å². The molecule has 0 heterocycles. The van der Waals surface area contributed by atoms with Gasteiger partial charge in [0.25, 0.3) is 0 Å². The van der Waals surface area contributed by atoms with Crippen LogP contribution in [-0.2, 0) is 16.0 Å². The molecule has 0 N–H and O–H groups in total. The largest absolute Gasteiger partial charge is 0.462 e. The molecule has 1 rings (SSSR count). The third kappa shape index (κ3) is 6.92. The molecule has 104 valence electrons. The summed E-state index contributed by atoms with van der Waals surface area (Å²) in [7, 11) is 0. The van der Waals surface area contributed by atoms with Crippen LogP contribution >= 0.6 is 31.9 Å². The van der Waals surface area contributed by atoms with E-state index in [0.29, 0.717) is 0 Å². The molecule has 0 radical (unpaired) electrons. The molecule has 0 aromatic heterocycles. The minimum absolute atomic E-state index is 0.0807. The topological polar surface area (TPSA) is 26.3 Å². The number of halogens is 2. The van der Waals surface area contributed by atoms with Gasteiger partial charge in [0.15, 0.2) is 0 Å². The minimum Gasteiger partial charge on any atom is -0.462 e. The number of esters is 1. The molecule has 0 aliphatic heterocycles. The summed E-state index contributed by atoms with van der Waals surface area (Å²) in [4.78, 5) is 11.2. The molecule has 0 spiro atoms. The smallest absolute Gasteiger partial charge is 0.302 e. The van der Waals surface area contributed by atoms with E-state index in [1.54, 1.807) is 0 Å². The van der Waals surface area contributed by atoms with Gasteiger partial charge in [0.05, 0.1) is 3.39 Å². The second kappa shape index (κ2) is 8.54. The van der Waals surface area contributed by atoms with Gasteiger partial charge in [-0.05, 0) is 62.8 Å². The molecule has 0 bridgehead atoms. The highest BCUT2D eigenvalue weighted by Crippen LogP contribution is 2.24. The van der Waals surface area contributed by atoms with Crippen molar-refractivity contribution in [3.8, 4) is 0 Å². The van der Waals surface area contributed by atoms with Crippen molar-refractivity contribution in [2.45, 2.75) is 39.2 Å². The van der Waals surface area contributed by atoms with E-state index >= 15 is 0 Å². The Morgan fingerprint density at radius 2 is 1.84 bits per heavy atom. The van der Waals surface area contributed by atoms with Crippen LogP contribution in [0.1, 0.15) is 32.3 Å². The molecule has 0 amide bonds. The summed E-state index contributed by atoms with van der Waals surface area (Å²) in [6.45, 7) is 3.47. The first kappa shape index (κ1) is 16.4. The Bertz CT molecular complexity index is 437. The molecular weight excluding hydrogens is 372 g/mol. The van der Waals surface area contributed by atoms with Gasteiger partial charge in [0.1, 0.15) is 6.10 Å². The molecular formula is C15H18Br2O2. The molecule has 1 aromatic carbocycles. The lowest BCUT2D eigenvalue weighted by molar-refractivity contribution is -0.146. The molecule has 19 heavy (non-hydrogen) atoms. The van der Waals surface area contributed by atoms with Crippen molar-refractivity contribution < 1.29 is 9.53 Å². The Hall–Kier alpha value is -0.610. The van der Waals surface area contributed by atoms with Crippen LogP contribution in [0.3, 0.4) is 0 Å². The van der Waals surface area contributed by atoms with Gasteiger partial charge >= 0.3 is 5.97 Å². The zero-order chi connectivity index (χ0) is 14.3. The zero-order valence-corrected chi connectivity index (χ0v) is 14.3. The number of hydrogen-bond acceptors (Lipinski definition) is 2. The van der Waals surface area contributed by atoms with E-state index in [1.807, 2.05) is 25.1 Å². The average Bonchev–Trinajstić information content (AvgIpc) is 2.36. The maximum atomic E-state index is 11.2. The summed E-state index contributed by atoms with van der Waals surface area (Å²) in [6.07, 6.45) is 2.39. The van der Waals surface area contributed by atoms with Crippen LogP contribution in [0.25, 0.3) is 0 Å². The van der Waals surface area contributed by atoms with Crippen molar-refractivity contribution in [2.24, 2.45) is 0 Å². The summed E-state index contributed by atoms with van der Waals surface area (Å²) in [5.74, 6) is -0.225. The zero-order valence-electron chi connectivity index (χ0n) is 11.2. The molecule has 0 saturated heterocycles. The molecule has 0 aliphatic rings. The number of carbonyl (C=O) groups excluding carboxylic acids is 1. The molecule has 1 atom stereocenters. The lowest BCUT2D eigenvalue weighted by Gasteiger charge is -2.17. The van der Waals surface area contributed by atoms with Crippen molar-refractivity contribution >= 4 is 37.8 Å². The Balaban J connectivity index is 2.59. The SMILES string of the molecule is CC(=O)OC(CCc1ccccc1)CC(C)=C(Br)Br. The van der Waals surface area contributed by atoms with Gasteiger partial charge in [-0.25, -0.2) is 0 Å². The summed E-state index contributed by atoms with van der Waals surface area (Å²) in [6, 6.07) is 10.2. The lowest BCUT2D eigenvalue weighted by Crippen LogP contribution is -2.17. The number of rotatable bonds is 6. The third-order valence-corrected chi connectivity index (χ3v) is 4.14. The Kier molecular flexibility index (Phi) is 7.39. The Morgan fingerprint density at radius 1 is 1.21 bits per heavy atom. The number of hydrogen-bond donors (Lipinski definition) is 0. The molecule has 1 unspecified atom stereocenters. The maximum absolute atomic E-state index is 11.2. The quantitative estimate of drug-likeness (QED) is 0.642. The Morgan fingerprint density at radius 3 is 2.37 bits per heavy atom. The van der Waals surface area contributed by atoms with Crippen LogP contribution in [0.5, 0.6) is 0 Å². The second-order valence-corrected chi connectivity index (χ2v) is 7.15. The summed E-state index contributed by atoms with van der Waals surface area (Å²) >= 11 is 6.77. The van der Waals surface area contributed by atoms with Crippen LogP contribution in [0.15, 0.2) is 39.3 Å². The van der Waals surface area contributed by atoms with Gasteiger partial charge in [-0.15, -0.1) is 0 Å². The molecule has 0 saturated carbocycles. The predicted octanol–water partition coefficient (Wildman–Crippen LogP) is 4.96. The van der Waals surface area contributed by atoms with E-state index in [4.69, 9.17) is 4.74 Å². The fourth-order valence-electron chi connectivity index (χ4n) is 1.83. The highest BCUT2D eigenvalue weighted by molar-refractivity contribution is 9.28. The van der Waals surface area contributed by atoms with Gasteiger partial charge in [0.2, 0.25) is 0 Å². The Labute approximate surface area is 131 Å². The highest BCUT2D eigenvalue weighted by Gasteiger charge is 2.14. The van der Waals surface area contributed by atoms with Crippen molar-refractivity contribution in [1.82, 2.24) is 0 Å². The molecule has 1 aromatic rings. The summed E-state index contributed by atoms with van der Waals surface area (Å²) < 4.78 is 6.31. The number of benzene rings is 1. The van der Waals surface area contributed by atoms with E-state index in [9.17, 15) is 4.79 Å². The number of aryl methyl sites for hydroxylation is 1. The van der Waals surface area contributed by atoms with Gasteiger partial charge in [-0.1, -0.05) is 30.3 Å². The van der Waals surface area contributed by atoms with Crippen LogP contribution < -0.4 is 0 Å². The van der Waals surface area contributed by atoms with E-state index in [0.717, 1.165) is 28.2 Å². The molecule has 0 fully saturated rings. The van der Waals surface area contributed by atoms with E-state index in [1.165, 1.54) is 12.5 Å². The van der Waals surface area contributed by atoms with Crippen LogP contribution in [0.2, 0.25) is 0 Å². The molecule has 0 aliphatic carbocycles. The first-order valence-electron chi connectivity index (χ1n) is 6.21. The first-order valence-corrected chi connectivity index (χ1v) is 7.79. The van der Waals surface area contributed by atoms with Gasteiger partial charge in [0, 0.05) is 13.3 Å². The van der Waals surface area contributed by atoms with Crippen molar-refractivity contribution in [1.29, 1.82) is 0 Å². The fraction of sp³-hybridized carbons (Fsp3) is 0.400. The fourth-order valence-corrected chi connectivity index (χ4v) is 2.15.